The molecule has 0 aliphatic rings. The Bertz CT molecular complexity index is 1320. The summed E-state index contributed by atoms with van der Waals surface area (Å²) in [6.45, 7) is 7.76. The Labute approximate surface area is 185 Å². The average Bonchev–Trinajstić information content (AvgIpc) is 3.17. The van der Waals surface area contributed by atoms with E-state index in [1.165, 1.54) is 12.3 Å². The summed E-state index contributed by atoms with van der Waals surface area (Å²) in [4.78, 5) is 37.3. The SMILES string of the molecule is Cc1cc(C)n2ncc(C(=O)NC(Cc3cc(=O)[nH]c(C(C)C)n3)c3ccccc3)c2n1. The van der Waals surface area contributed by atoms with E-state index in [4.69, 9.17) is 0 Å². The van der Waals surface area contributed by atoms with Crippen molar-refractivity contribution in [1.82, 2.24) is 29.9 Å². The number of aromatic nitrogens is 5. The molecule has 0 fully saturated rings. The molecule has 1 atom stereocenters. The fourth-order valence-electron chi connectivity index (χ4n) is 3.72. The summed E-state index contributed by atoms with van der Waals surface area (Å²) in [5.74, 6) is 0.437. The Hall–Kier alpha value is -3.81. The van der Waals surface area contributed by atoms with Crippen LogP contribution in [0.5, 0.6) is 0 Å². The van der Waals surface area contributed by atoms with Crippen molar-refractivity contribution in [2.24, 2.45) is 0 Å². The Morgan fingerprint density at radius 1 is 1.12 bits per heavy atom. The van der Waals surface area contributed by atoms with Gasteiger partial charge in [0.05, 0.1) is 17.9 Å². The number of hydrogen-bond acceptors (Lipinski definition) is 5. The molecule has 0 bridgehead atoms. The third kappa shape index (κ3) is 4.44. The summed E-state index contributed by atoms with van der Waals surface area (Å²) in [5, 5.41) is 7.42. The van der Waals surface area contributed by atoms with Gasteiger partial charge in [0.25, 0.3) is 11.5 Å². The number of rotatable bonds is 6. The third-order valence-corrected chi connectivity index (χ3v) is 5.30. The van der Waals surface area contributed by atoms with E-state index in [1.54, 1.807) is 4.52 Å². The van der Waals surface area contributed by atoms with E-state index >= 15 is 0 Å². The number of carbonyl (C=O) groups is 1. The molecular formula is C24H26N6O2. The summed E-state index contributed by atoms with van der Waals surface area (Å²) >= 11 is 0. The lowest BCUT2D eigenvalue weighted by atomic mass is 10.0. The van der Waals surface area contributed by atoms with Crippen LogP contribution >= 0.6 is 0 Å². The molecule has 4 rings (SSSR count). The predicted octanol–water partition coefficient (Wildman–Crippen LogP) is 3.27. The molecule has 32 heavy (non-hydrogen) atoms. The fraction of sp³-hybridized carbons (Fsp3) is 0.292. The molecule has 1 aromatic carbocycles. The molecule has 0 saturated heterocycles. The highest BCUT2D eigenvalue weighted by atomic mass is 16.1. The van der Waals surface area contributed by atoms with Crippen molar-refractivity contribution < 1.29 is 4.79 Å². The van der Waals surface area contributed by atoms with Crippen LogP contribution in [0.1, 0.15) is 64.6 Å². The van der Waals surface area contributed by atoms with Crippen LogP contribution in [0.25, 0.3) is 5.65 Å². The second kappa shape index (κ2) is 8.74. The Kier molecular flexibility index (Phi) is 5.85. The lowest BCUT2D eigenvalue weighted by Gasteiger charge is -2.19. The minimum Gasteiger partial charge on any atom is -0.345 e. The minimum atomic E-state index is -0.376. The predicted molar refractivity (Wildman–Crippen MR) is 122 cm³/mol. The van der Waals surface area contributed by atoms with Crippen LogP contribution in [0.4, 0.5) is 0 Å². The number of amides is 1. The quantitative estimate of drug-likeness (QED) is 0.488. The molecule has 164 valence electrons. The molecule has 0 aliphatic heterocycles. The van der Waals surface area contributed by atoms with Gasteiger partial charge < -0.3 is 10.3 Å². The number of carbonyl (C=O) groups excluding carboxylic acids is 1. The van der Waals surface area contributed by atoms with Crippen molar-refractivity contribution in [2.45, 2.75) is 46.1 Å². The summed E-state index contributed by atoms with van der Waals surface area (Å²) in [6.07, 6.45) is 1.92. The monoisotopic (exact) mass is 430 g/mol. The lowest BCUT2D eigenvalue weighted by Crippen LogP contribution is -2.31. The highest BCUT2D eigenvalue weighted by Gasteiger charge is 2.21. The minimum absolute atomic E-state index is 0.0868. The molecule has 4 aromatic rings. The number of aryl methyl sites for hydroxylation is 2. The highest BCUT2D eigenvalue weighted by Crippen LogP contribution is 2.20. The number of nitrogens with zero attached hydrogens (tertiary/aromatic N) is 4. The first-order valence-corrected chi connectivity index (χ1v) is 10.6. The molecule has 3 heterocycles. The van der Waals surface area contributed by atoms with Crippen LogP contribution in [0.3, 0.4) is 0 Å². The van der Waals surface area contributed by atoms with Crippen LogP contribution in [0, 0.1) is 13.8 Å². The molecule has 0 aliphatic carbocycles. The summed E-state index contributed by atoms with van der Waals surface area (Å²) in [5.41, 5.74) is 3.98. The number of aromatic amines is 1. The van der Waals surface area contributed by atoms with Crippen molar-refractivity contribution >= 4 is 11.6 Å². The zero-order valence-electron chi connectivity index (χ0n) is 18.6. The average molecular weight is 431 g/mol. The second-order valence-electron chi connectivity index (χ2n) is 8.25. The largest absolute Gasteiger partial charge is 0.345 e. The number of fused-ring (bicyclic) bond motifs is 1. The molecule has 2 N–H and O–H groups in total. The zero-order chi connectivity index (χ0) is 22.8. The zero-order valence-corrected chi connectivity index (χ0v) is 18.6. The van der Waals surface area contributed by atoms with Crippen LogP contribution in [0.15, 0.2) is 53.5 Å². The third-order valence-electron chi connectivity index (χ3n) is 5.30. The molecule has 0 spiro atoms. The van der Waals surface area contributed by atoms with Crippen molar-refractivity contribution in [1.29, 1.82) is 0 Å². The van der Waals surface area contributed by atoms with Crippen molar-refractivity contribution in [3.63, 3.8) is 0 Å². The maximum atomic E-state index is 13.3. The number of benzene rings is 1. The normalized spacial score (nSPS) is 12.3. The first-order chi connectivity index (χ1) is 15.3. The Morgan fingerprint density at radius 3 is 2.59 bits per heavy atom. The molecule has 8 nitrogen and oxygen atoms in total. The van der Waals surface area contributed by atoms with Crippen molar-refractivity contribution in [3.8, 4) is 0 Å². The van der Waals surface area contributed by atoms with Crippen molar-refractivity contribution in [3.05, 3.63) is 93.0 Å². The molecule has 1 amide bonds. The number of nitrogens with one attached hydrogen (secondary N) is 2. The van der Waals surface area contributed by atoms with Gasteiger partial charge in [-0.1, -0.05) is 44.2 Å². The summed E-state index contributed by atoms with van der Waals surface area (Å²) in [7, 11) is 0. The van der Waals surface area contributed by atoms with E-state index in [-0.39, 0.29) is 23.4 Å². The van der Waals surface area contributed by atoms with Gasteiger partial charge in [0, 0.05) is 29.8 Å². The van der Waals surface area contributed by atoms with Crippen LogP contribution in [-0.2, 0) is 6.42 Å². The van der Waals surface area contributed by atoms with E-state index in [0.717, 1.165) is 17.0 Å². The fourth-order valence-corrected chi connectivity index (χ4v) is 3.72. The molecular weight excluding hydrogens is 404 g/mol. The summed E-state index contributed by atoms with van der Waals surface area (Å²) < 4.78 is 1.66. The number of H-pyrrole nitrogens is 1. The van der Waals surface area contributed by atoms with Gasteiger partial charge in [0.2, 0.25) is 0 Å². The smallest absolute Gasteiger partial charge is 0.257 e. The Morgan fingerprint density at radius 2 is 1.88 bits per heavy atom. The lowest BCUT2D eigenvalue weighted by molar-refractivity contribution is 0.0938. The molecule has 8 heteroatoms. The maximum Gasteiger partial charge on any atom is 0.257 e. The van der Waals surface area contributed by atoms with Crippen LogP contribution in [-0.4, -0.2) is 30.5 Å². The van der Waals surface area contributed by atoms with Gasteiger partial charge in [-0.15, -0.1) is 0 Å². The van der Waals surface area contributed by atoms with E-state index in [1.807, 2.05) is 64.1 Å². The van der Waals surface area contributed by atoms with Gasteiger partial charge in [0.15, 0.2) is 5.65 Å². The van der Waals surface area contributed by atoms with E-state index < -0.39 is 0 Å². The van der Waals surface area contributed by atoms with Crippen molar-refractivity contribution in [2.75, 3.05) is 0 Å². The first kappa shape index (κ1) is 21.4. The molecule has 3 aromatic heterocycles. The Balaban J connectivity index is 1.68. The first-order valence-electron chi connectivity index (χ1n) is 10.6. The van der Waals surface area contributed by atoms with Gasteiger partial charge in [-0.3, -0.25) is 9.59 Å². The second-order valence-corrected chi connectivity index (χ2v) is 8.25. The molecule has 0 saturated carbocycles. The highest BCUT2D eigenvalue weighted by molar-refractivity contribution is 5.99. The molecule has 0 radical (unpaired) electrons. The van der Waals surface area contributed by atoms with E-state index in [0.29, 0.717) is 29.1 Å². The summed E-state index contributed by atoms with van der Waals surface area (Å²) in [6, 6.07) is 12.7. The van der Waals surface area contributed by atoms with E-state index in [2.05, 4.69) is 25.4 Å². The van der Waals surface area contributed by atoms with Gasteiger partial charge in [-0.25, -0.2) is 14.5 Å². The topological polar surface area (TPSA) is 105 Å². The van der Waals surface area contributed by atoms with Gasteiger partial charge in [0.1, 0.15) is 11.4 Å². The number of hydrogen-bond donors (Lipinski definition) is 2. The van der Waals surface area contributed by atoms with E-state index in [9.17, 15) is 9.59 Å². The molecule has 1 unspecified atom stereocenters. The maximum absolute atomic E-state index is 13.3. The van der Waals surface area contributed by atoms with Crippen LogP contribution in [0.2, 0.25) is 0 Å². The standard InChI is InChI=1S/C24H26N6O2/c1-14(2)22-27-18(12-21(31)29-22)11-20(17-8-6-5-7-9-17)28-24(32)19-13-25-30-16(4)10-15(3)26-23(19)30/h5-10,12-14,20H,11H2,1-4H3,(H,28,32)(H,27,29,31). The van der Waals surface area contributed by atoms with Gasteiger partial charge >= 0.3 is 0 Å². The van der Waals surface area contributed by atoms with Crippen LogP contribution < -0.4 is 10.9 Å². The van der Waals surface area contributed by atoms with Gasteiger partial charge in [-0.2, -0.15) is 5.10 Å². The van der Waals surface area contributed by atoms with Gasteiger partial charge in [-0.05, 0) is 25.5 Å².